The average Bonchev–Trinajstić information content (AvgIpc) is 2.95. The number of nitrogens with zero attached hydrogens (tertiary/aromatic N) is 1. The van der Waals surface area contributed by atoms with E-state index in [0.717, 1.165) is 24.9 Å². The minimum Gasteiger partial charge on any atom is -0.307 e. The molecule has 1 atom stereocenters. The minimum atomic E-state index is -0.238. The highest BCUT2D eigenvalue weighted by Gasteiger charge is 2.29. The number of hydrogen-bond donors (Lipinski definition) is 1. The number of aryl methyl sites for hydroxylation is 1. The lowest BCUT2D eigenvalue weighted by atomic mass is 10.0. The quantitative estimate of drug-likeness (QED) is 0.892. The zero-order valence-electron chi connectivity index (χ0n) is 11.8. The molecule has 0 saturated carbocycles. The minimum absolute atomic E-state index is 0.0106. The molecule has 0 radical (unpaired) electrons. The first-order valence-corrected chi connectivity index (χ1v) is 6.71. The fraction of sp³-hybridized carbons (Fsp3) is 0.467. The largest absolute Gasteiger partial charge is 0.307 e. The lowest BCUT2D eigenvalue weighted by Crippen LogP contribution is -2.43. The van der Waals surface area contributed by atoms with Gasteiger partial charge in [-0.2, -0.15) is 0 Å². The second-order valence-corrected chi connectivity index (χ2v) is 4.67. The summed E-state index contributed by atoms with van der Waals surface area (Å²) in [5.74, 6) is 0.00350. The van der Waals surface area contributed by atoms with Gasteiger partial charge in [-0.05, 0) is 44.0 Å². The predicted octanol–water partition coefficient (Wildman–Crippen LogP) is 1.74. The third kappa shape index (κ3) is 4.51. The zero-order chi connectivity index (χ0) is 15.0. The second kappa shape index (κ2) is 8.55. The summed E-state index contributed by atoms with van der Waals surface area (Å²) in [4.78, 5) is 20.1. The topological polar surface area (TPSA) is 49.4 Å². The fourth-order valence-corrected chi connectivity index (χ4v) is 2.50. The number of rotatable bonds is 5. The molecule has 0 aliphatic carbocycles. The van der Waals surface area contributed by atoms with Gasteiger partial charge in [0.05, 0.1) is 6.04 Å². The Morgan fingerprint density at radius 1 is 1.50 bits per heavy atom. The standard InChI is InChI=1S/C14H19FN2O.CH2O/c1-16-17-9-3-6-13(17)14(18)8-7-11-4-2-5-12(15)10-11;1-2/h2,4-5,10,13,16H,3,6-9H2,1H3;1H2. The monoisotopic (exact) mass is 280 g/mol. The van der Waals surface area contributed by atoms with Crippen LogP contribution >= 0.6 is 0 Å². The maximum absolute atomic E-state index is 13.0. The van der Waals surface area contributed by atoms with E-state index in [1.807, 2.05) is 24.9 Å². The Morgan fingerprint density at radius 2 is 2.25 bits per heavy atom. The lowest BCUT2D eigenvalue weighted by Gasteiger charge is -2.21. The van der Waals surface area contributed by atoms with Crippen LogP contribution in [0.2, 0.25) is 0 Å². The SMILES string of the molecule is C=O.CNN1CCCC1C(=O)CCc1cccc(F)c1. The molecule has 5 heteroatoms. The molecule has 1 unspecified atom stereocenters. The van der Waals surface area contributed by atoms with Gasteiger partial charge in [0.1, 0.15) is 12.6 Å². The normalized spacial score (nSPS) is 18.4. The van der Waals surface area contributed by atoms with Crippen LogP contribution in [0, 0.1) is 5.82 Å². The summed E-state index contributed by atoms with van der Waals surface area (Å²) in [6, 6.07) is 6.46. The molecule has 0 bridgehead atoms. The van der Waals surface area contributed by atoms with E-state index in [2.05, 4.69) is 5.43 Å². The van der Waals surface area contributed by atoms with E-state index >= 15 is 0 Å². The van der Waals surface area contributed by atoms with E-state index in [1.54, 1.807) is 6.07 Å². The van der Waals surface area contributed by atoms with Crippen molar-refractivity contribution in [2.75, 3.05) is 13.6 Å². The molecule has 110 valence electrons. The van der Waals surface area contributed by atoms with Gasteiger partial charge in [0.15, 0.2) is 5.78 Å². The third-order valence-electron chi connectivity index (χ3n) is 3.46. The molecular formula is C15H21FN2O2. The summed E-state index contributed by atoms with van der Waals surface area (Å²) >= 11 is 0. The molecule has 1 aromatic carbocycles. The van der Waals surface area contributed by atoms with E-state index in [-0.39, 0.29) is 17.6 Å². The molecule has 20 heavy (non-hydrogen) atoms. The van der Waals surface area contributed by atoms with Crippen molar-refractivity contribution in [1.29, 1.82) is 0 Å². The average molecular weight is 280 g/mol. The van der Waals surface area contributed by atoms with Gasteiger partial charge in [-0.25, -0.2) is 9.40 Å². The van der Waals surface area contributed by atoms with Gasteiger partial charge in [-0.3, -0.25) is 10.2 Å². The molecule has 1 saturated heterocycles. The number of Topliss-reactive ketones (excluding diaryl/α,β-unsaturated/α-hetero) is 1. The number of benzene rings is 1. The molecular weight excluding hydrogens is 259 g/mol. The first-order valence-electron chi connectivity index (χ1n) is 6.71. The Hall–Kier alpha value is -1.59. The highest BCUT2D eigenvalue weighted by Crippen LogP contribution is 2.17. The predicted molar refractivity (Wildman–Crippen MR) is 75.6 cm³/mol. The Morgan fingerprint density at radius 3 is 2.90 bits per heavy atom. The molecule has 2 rings (SSSR count). The molecule has 0 spiro atoms. The number of carbonyl (C=O) groups is 2. The molecule has 1 fully saturated rings. The van der Waals surface area contributed by atoms with Crippen LogP contribution in [0.1, 0.15) is 24.8 Å². The molecule has 0 amide bonds. The van der Waals surface area contributed by atoms with Crippen LogP contribution in [-0.2, 0) is 16.0 Å². The van der Waals surface area contributed by atoms with Crippen molar-refractivity contribution in [3.05, 3.63) is 35.6 Å². The van der Waals surface area contributed by atoms with Crippen LogP contribution in [0.3, 0.4) is 0 Å². The number of carbonyl (C=O) groups excluding carboxylic acids is 2. The van der Waals surface area contributed by atoms with Gasteiger partial charge in [0.2, 0.25) is 0 Å². The van der Waals surface area contributed by atoms with Crippen molar-refractivity contribution in [2.24, 2.45) is 0 Å². The van der Waals surface area contributed by atoms with Crippen molar-refractivity contribution in [2.45, 2.75) is 31.7 Å². The van der Waals surface area contributed by atoms with Crippen LogP contribution in [0.15, 0.2) is 24.3 Å². The molecule has 1 N–H and O–H groups in total. The van der Waals surface area contributed by atoms with E-state index in [4.69, 9.17) is 4.79 Å². The zero-order valence-corrected chi connectivity index (χ0v) is 11.8. The van der Waals surface area contributed by atoms with E-state index in [9.17, 15) is 9.18 Å². The Kier molecular flexibility index (Phi) is 7.04. The molecule has 4 nitrogen and oxygen atoms in total. The number of nitrogens with one attached hydrogen (secondary N) is 1. The number of ketones is 1. The summed E-state index contributed by atoms with van der Waals surface area (Å²) in [6.45, 7) is 2.92. The van der Waals surface area contributed by atoms with Gasteiger partial charge in [-0.1, -0.05) is 12.1 Å². The van der Waals surface area contributed by atoms with Crippen molar-refractivity contribution in [1.82, 2.24) is 10.4 Å². The molecule has 1 aromatic rings. The van der Waals surface area contributed by atoms with E-state index in [1.165, 1.54) is 12.1 Å². The molecule has 1 aliphatic rings. The van der Waals surface area contributed by atoms with Crippen molar-refractivity contribution in [3.8, 4) is 0 Å². The maximum Gasteiger partial charge on any atom is 0.151 e. The van der Waals surface area contributed by atoms with Gasteiger partial charge in [-0.15, -0.1) is 0 Å². The summed E-state index contributed by atoms with van der Waals surface area (Å²) in [7, 11) is 1.85. The van der Waals surface area contributed by atoms with Crippen LogP contribution in [0.5, 0.6) is 0 Å². The van der Waals surface area contributed by atoms with Gasteiger partial charge in [0, 0.05) is 13.0 Å². The van der Waals surface area contributed by atoms with E-state index < -0.39 is 0 Å². The summed E-state index contributed by atoms with van der Waals surface area (Å²) in [5, 5.41) is 1.99. The van der Waals surface area contributed by atoms with Crippen LogP contribution in [0.25, 0.3) is 0 Å². The summed E-state index contributed by atoms with van der Waals surface area (Å²) in [6.07, 6.45) is 3.07. The highest BCUT2D eigenvalue weighted by molar-refractivity contribution is 5.84. The van der Waals surface area contributed by atoms with E-state index in [0.29, 0.717) is 12.8 Å². The van der Waals surface area contributed by atoms with Crippen molar-refractivity contribution < 1.29 is 14.0 Å². The summed E-state index contributed by atoms with van der Waals surface area (Å²) < 4.78 is 13.0. The molecule has 0 aromatic heterocycles. The lowest BCUT2D eigenvalue weighted by molar-refractivity contribution is -0.124. The van der Waals surface area contributed by atoms with Gasteiger partial charge in [0.25, 0.3) is 0 Å². The fourth-order valence-electron chi connectivity index (χ4n) is 2.50. The van der Waals surface area contributed by atoms with Crippen molar-refractivity contribution >= 4 is 12.6 Å². The number of halogens is 1. The van der Waals surface area contributed by atoms with Gasteiger partial charge >= 0.3 is 0 Å². The van der Waals surface area contributed by atoms with Crippen molar-refractivity contribution in [3.63, 3.8) is 0 Å². The molecule has 1 heterocycles. The van der Waals surface area contributed by atoms with Crippen LogP contribution in [0.4, 0.5) is 4.39 Å². The van der Waals surface area contributed by atoms with Crippen LogP contribution < -0.4 is 5.43 Å². The third-order valence-corrected chi connectivity index (χ3v) is 3.46. The number of hydrogen-bond acceptors (Lipinski definition) is 4. The Bertz CT molecular complexity index is 440. The van der Waals surface area contributed by atoms with Crippen LogP contribution in [-0.4, -0.2) is 37.2 Å². The maximum atomic E-state index is 13.0. The Labute approximate surface area is 118 Å². The highest BCUT2D eigenvalue weighted by atomic mass is 19.1. The number of hydrazine groups is 1. The summed E-state index contributed by atoms with van der Waals surface area (Å²) in [5.41, 5.74) is 3.94. The smallest absolute Gasteiger partial charge is 0.151 e. The first-order chi connectivity index (χ1) is 9.70. The van der Waals surface area contributed by atoms with Gasteiger partial charge < -0.3 is 4.79 Å². The first kappa shape index (κ1) is 16.5. The second-order valence-electron chi connectivity index (χ2n) is 4.67. The molecule has 1 aliphatic heterocycles. The Balaban J connectivity index is 0.000000956.